The minimum Gasteiger partial charge on any atom is -0.325 e. The molecule has 0 bridgehead atoms. The normalized spacial score (nSPS) is 10.0. The van der Waals surface area contributed by atoms with Crippen LogP contribution in [0.2, 0.25) is 0 Å². The Bertz CT molecular complexity index is 392. The molecule has 0 amide bonds. The summed E-state index contributed by atoms with van der Waals surface area (Å²) in [7, 11) is 0. The second-order valence-corrected chi connectivity index (χ2v) is 2.40. The van der Waals surface area contributed by atoms with Crippen LogP contribution in [-0.4, -0.2) is 4.98 Å². The van der Waals surface area contributed by atoms with Crippen molar-refractivity contribution in [3.8, 4) is 6.07 Å². The highest BCUT2D eigenvalue weighted by atomic mass is 19.3. The van der Waals surface area contributed by atoms with Gasteiger partial charge in [0.25, 0.3) is 12.0 Å². The van der Waals surface area contributed by atoms with E-state index in [1.54, 1.807) is 6.07 Å². The first kappa shape index (κ1) is 9.39. The lowest BCUT2D eigenvalue weighted by atomic mass is 10.2. The average molecular weight is 184 g/mol. The van der Waals surface area contributed by atoms with E-state index in [1.807, 2.05) is 0 Å². The smallest absolute Gasteiger partial charge is 0.269 e. The highest BCUT2D eigenvalue weighted by molar-refractivity contribution is 5.17. The predicted octanol–water partition coefficient (Wildman–Crippen LogP) is 1.38. The number of hydrogen-bond acceptors (Lipinski definition) is 2. The molecule has 0 aromatic carbocycles. The molecule has 1 N–H and O–H groups in total. The molecule has 3 nitrogen and oxygen atoms in total. The third-order valence-corrected chi connectivity index (χ3v) is 1.50. The molecule has 68 valence electrons. The Morgan fingerprint density at radius 1 is 1.54 bits per heavy atom. The zero-order valence-corrected chi connectivity index (χ0v) is 6.55. The number of nitriles is 1. The van der Waals surface area contributed by atoms with E-state index in [0.717, 1.165) is 6.07 Å². The Morgan fingerprint density at radius 3 is 2.69 bits per heavy atom. The van der Waals surface area contributed by atoms with Gasteiger partial charge in [0.2, 0.25) is 0 Å². The fourth-order valence-electron chi connectivity index (χ4n) is 0.886. The first-order valence-corrected chi connectivity index (χ1v) is 3.52. The van der Waals surface area contributed by atoms with Gasteiger partial charge < -0.3 is 4.98 Å². The van der Waals surface area contributed by atoms with Crippen LogP contribution in [0.15, 0.2) is 16.9 Å². The molecule has 0 atom stereocenters. The Kier molecular flexibility index (Phi) is 2.75. The lowest BCUT2D eigenvalue weighted by Crippen LogP contribution is -2.14. The molecule has 0 saturated carbocycles. The van der Waals surface area contributed by atoms with Gasteiger partial charge in [0.15, 0.2) is 0 Å². The monoisotopic (exact) mass is 184 g/mol. The lowest BCUT2D eigenvalue weighted by Gasteiger charge is -1.98. The summed E-state index contributed by atoms with van der Waals surface area (Å²) in [6.45, 7) is 0. The second-order valence-electron chi connectivity index (χ2n) is 2.40. The second kappa shape index (κ2) is 3.81. The summed E-state index contributed by atoms with van der Waals surface area (Å²) >= 11 is 0. The molecular formula is C8H6F2N2O. The molecule has 0 aliphatic carbocycles. The number of rotatable bonds is 2. The van der Waals surface area contributed by atoms with Gasteiger partial charge in [0.1, 0.15) is 0 Å². The number of aromatic amines is 1. The predicted molar refractivity (Wildman–Crippen MR) is 41.3 cm³/mol. The largest absolute Gasteiger partial charge is 0.325 e. The summed E-state index contributed by atoms with van der Waals surface area (Å²) in [5.74, 6) is 0. The van der Waals surface area contributed by atoms with E-state index in [2.05, 4.69) is 4.98 Å². The minimum atomic E-state index is -2.78. The number of halogens is 2. The van der Waals surface area contributed by atoms with Crippen molar-refractivity contribution in [1.29, 1.82) is 5.26 Å². The number of nitrogens with one attached hydrogen (secondary N) is 1. The number of H-pyrrole nitrogens is 1. The van der Waals surface area contributed by atoms with Crippen LogP contribution in [-0.2, 0) is 6.42 Å². The van der Waals surface area contributed by atoms with E-state index in [-0.39, 0.29) is 6.42 Å². The summed E-state index contributed by atoms with van der Waals surface area (Å²) in [5.41, 5.74) is -1.05. The molecule has 0 spiro atoms. The Labute approximate surface area is 72.6 Å². The Hall–Kier alpha value is -1.70. The summed E-state index contributed by atoms with van der Waals surface area (Å²) in [5, 5.41) is 8.27. The maximum atomic E-state index is 12.1. The van der Waals surface area contributed by atoms with Gasteiger partial charge in [0.05, 0.1) is 18.1 Å². The molecule has 0 aliphatic rings. The average Bonchev–Trinajstić information content (AvgIpc) is 2.04. The maximum absolute atomic E-state index is 12.1. The van der Waals surface area contributed by atoms with Crippen LogP contribution in [0.1, 0.15) is 17.7 Å². The molecule has 5 heteroatoms. The molecule has 0 aliphatic heterocycles. The van der Waals surface area contributed by atoms with Crippen LogP contribution in [0.3, 0.4) is 0 Å². The van der Waals surface area contributed by atoms with E-state index in [1.165, 1.54) is 6.07 Å². The molecule has 1 aromatic rings. The van der Waals surface area contributed by atoms with Crippen LogP contribution < -0.4 is 5.56 Å². The highest BCUT2D eigenvalue weighted by Gasteiger charge is 2.11. The molecule has 0 unspecified atom stereocenters. The first-order valence-electron chi connectivity index (χ1n) is 3.52. The molecule has 13 heavy (non-hydrogen) atoms. The van der Waals surface area contributed by atoms with Crippen molar-refractivity contribution in [1.82, 2.24) is 4.98 Å². The summed E-state index contributed by atoms with van der Waals surface area (Å²) < 4.78 is 24.1. The number of nitrogens with zero attached hydrogens (tertiary/aromatic N) is 1. The fraction of sp³-hybridized carbons (Fsp3) is 0.250. The van der Waals surface area contributed by atoms with Crippen molar-refractivity contribution in [2.24, 2.45) is 0 Å². The van der Waals surface area contributed by atoms with Crippen LogP contribution in [0.4, 0.5) is 8.78 Å². The summed E-state index contributed by atoms with van der Waals surface area (Å²) in [6.07, 6.45) is -2.77. The molecule has 0 saturated heterocycles. The molecule has 0 radical (unpaired) electrons. The van der Waals surface area contributed by atoms with Gasteiger partial charge in [-0.2, -0.15) is 5.26 Å². The third kappa shape index (κ3) is 2.12. The van der Waals surface area contributed by atoms with Gasteiger partial charge in [-0.05, 0) is 12.1 Å². The van der Waals surface area contributed by atoms with E-state index in [9.17, 15) is 13.6 Å². The van der Waals surface area contributed by atoms with Gasteiger partial charge >= 0.3 is 0 Å². The molecular weight excluding hydrogens is 178 g/mol. The molecule has 0 fully saturated rings. The molecule has 1 rings (SSSR count). The van der Waals surface area contributed by atoms with Crippen molar-refractivity contribution in [3.05, 3.63) is 33.7 Å². The van der Waals surface area contributed by atoms with Crippen molar-refractivity contribution in [2.75, 3.05) is 0 Å². The molecule has 1 heterocycles. The van der Waals surface area contributed by atoms with Gasteiger partial charge in [-0.25, -0.2) is 8.78 Å². The van der Waals surface area contributed by atoms with E-state index < -0.39 is 17.5 Å². The topological polar surface area (TPSA) is 56.6 Å². The van der Waals surface area contributed by atoms with Crippen LogP contribution in [0.5, 0.6) is 0 Å². The van der Waals surface area contributed by atoms with E-state index in [0.29, 0.717) is 5.69 Å². The maximum Gasteiger partial charge on any atom is 0.269 e. The van der Waals surface area contributed by atoms with Gasteiger partial charge in [-0.1, -0.05) is 0 Å². The Balaban J connectivity index is 3.08. The minimum absolute atomic E-state index is 0.0127. The van der Waals surface area contributed by atoms with Gasteiger partial charge in [-0.15, -0.1) is 0 Å². The number of aromatic nitrogens is 1. The summed E-state index contributed by atoms with van der Waals surface area (Å²) in [4.78, 5) is 13.1. The van der Waals surface area contributed by atoms with Crippen LogP contribution in [0, 0.1) is 11.3 Å². The SMILES string of the molecule is N#CCc1ccc(C(F)F)c(=O)[nH]1. The van der Waals surface area contributed by atoms with E-state index >= 15 is 0 Å². The van der Waals surface area contributed by atoms with E-state index in [4.69, 9.17) is 5.26 Å². The number of pyridine rings is 1. The van der Waals surface area contributed by atoms with Crippen LogP contribution in [0.25, 0.3) is 0 Å². The lowest BCUT2D eigenvalue weighted by molar-refractivity contribution is 0.149. The van der Waals surface area contributed by atoms with Gasteiger partial charge in [-0.3, -0.25) is 4.79 Å². The van der Waals surface area contributed by atoms with Crippen molar-refractivity contribution in [3.63, 3.8) is 0 Å². The standard InChI is InChI=1S/C8H6F2N2O/c9-7(10)6-2-1-5(3-4-11)12-8(6)13/h1-2,7H,3H2,(H,12,13). The van der Waals surface area contributed by atoms with Crippen molar-refractivity contribution < 1.29 is 8.78 Å². The van der Waals surface area contributed by atoms with Crippen molar-refractivity contribution in [2.45, 2.75) is 12.8 Å². The zero-order chi connectivity index (χ0) is 9.84. The van der Waals surface area contributed by atoms with Crippen molar-refractivity contribution >= 4 is 0 Å². The van der Waals surface area contributed by atoms with Crippen LogP contribution >= 0.6 is 0 Å². The summed E-state index contributed by atoms with van der Waals surface area (Å²) in [6, 6.07) is 4.15. The quantitative estimate of drug-likeness (QED) is 0.754. The number of hydrogen-bond donors (Lipinski definition) is 1. The fourth-order valence-corrected chi connectivity index (χ4v) is 0.886. The number of alkyl halides is 2. The van der Waals surface area contributed by atoms with Gasteiger partial charge in [0, 0.05) is 5.69 Å². The highest BCUT2D eigenvalue weighted by Crippen LogP contribution is 2.13. The molecule has 1 aromatic heterocycles. The third-order valence-electron chi connectivity index (χ3n) is 1.50. The first-order chi connectivity index (χ1) is 6.15. The zero-order valence-electron chi connectivity index (χ0n) is 6.55. The Morgan fingerprint density at radius 2 is 2.23 bits per heavy atom.